The van der Waals surface area contributed by atoms with Crippen LogP contribution in [0.25, 0.3) is 16.6 Å². The molecule has 7 heteroatoms. The fourth-order valence-electron chi connectivity index (χ4n) is 4.93. The maximum absolute atomic E-state index is 12.4. The van der Waals surface area contributed by atoms with E-state index in [1.807, 2.05) is 44.0 Å². The standard InChI is InChI=1S/C25H28N4O3/c1-24(2,3)32-23(31)28-12-11-25(13-18(25)15-28)17-7-9-19(10-8-17)29-14-16-5-4-6-20(22(26)30)21(16)27-29/h4-10,14,18H,11-13,15H2,1-3H3,(H2,26,30). The Kier molecular flexibility index (Phi) is 4.55. The molecule has 1 aliphatic carbocycles. The molecule has 1 saturated heterocycles. The van der Waals surface area contributed by atoms with Gasteiger partial charge >= 0.3 is 6.09 Å². The number of nitrogens with two attached hydrogens (primary N) is 1. The predicted molar refractivity (Wildman–Crippen MR) is 122 cm³/mol. The molecule has 3 aromatic rings. The smallest absolute Gasteiger partial charge is 0.410 e. The average molecular weight is 433 g/mol. The van der Waals surface area contributed by atoms with Gasteiger partial charge in [-0.25, -0.2) is 9.48 Å². The highest BCUT2D eigenvalue weighted by Crippen LogP contribution is 2.59. The molecule has 2 heterocycles. The molecule has 7 nitrogen and oxygen atoms in total. The number of aromatic nitrogens is 2. The van der Waals surface area contributed by atoms with Crippen LogP contribution >= 0.6 is 0 Å². The van der Waals surface area contributed by atoms with Crippen molar-refractivity contribution >= 4 is 22.9 Å². The van der Waals surface area contributed by atoms with Crippen LogP contribution in [0, 0.1) is 5.92 Å². The van der Waals surface area contributed by atoms with E-state index in [4.69, 9.17) is 10.5 Å². The molecule has 1 aliphatic heterocycles. The number of benzene rings is 2. The van der Waals surface area contributed by atoms with Gasteiger partial charge in [-0.3, -0.25) is 4.79 Å². The first-order valence-corrected chi connectivity index (χ1v) is 11.0. The second kappa shape index (κ2) is 7.08. The Bertz CT molecular complexity index is 1210. The third-order valence-electron chi connectivity index (χ3n) is 6.66. The summed E-state index contributed by atoms with van der Waals surface area (Å²) in [6, 6.07) is 13.9. The SMILES string of the molecule is CC(C)(C)OC(=O)N1CCC2(c3ccc(-n4cc5cccc(C(N)=O)c5n4)cc3)CC2C1. The number of rotatable bonds is 3. The topological polar surface area (TPSA) is 90.5 Å². The first-order valence-electron chi connectivity index (χ1n) is 11.0. The van der Waals surface area contributed by atoms with E-state index < -0.39 is 11.5 Å². The Morgan fingerprint density at radius 3 is 2.56 bits per heavy atom. The minimum atomic E-state index is -0.479. The van der Waals surface area contributed by atoms with E-state index in [-0.39, 0.29) is 11.5 Å². The highest BCUT2D eigenvalue weighted by molar-refractivity contribution is 6.04. The first kappa shape index (κ1) is 20.5. The Balaban J connectivity index is 1.33. The monoisotopic (exact) mass is 432 g/mol. The number of likely N-dealkylation sites (tertiary alicyclic amines) is 1. The highest BCUT2D eigenvalue weighted by Gasteiger charge is 2.58. The molecule has 0 radical (unpaired) electrons. The summed E-state index contributed by atoms with van der Waals surface area (Å²) in [7, 11) is 0. The van der Waals surface area contributed by atoms with Crippen LogP contribution in [0.2, 0.25) is 0 Å². The van der Waals surface area contributed by atoms with E-state index in [0.717, 1.165) is 30.5 Å². The number of ether oxygens (including phenoxy) is 1. The van der Waals surface area contributed by atoms with Crippen LogP contribution in [0.15, 0.2) is 48.7 Å². The molecule has 166 valence electrons. The number of fused-ring (bicyclic) bond motifs is 2. The second-order valence-corrected chi connectivity index (χ2v) is 9.96. The van der Waals surface area contributed by atoms with E-state index in [2.05, 4.69) is 29.4 Å². The van der Waals surface area contributed by atoms with Gasteiger partial charge in [0.25, 0.3) is 5.91 Å². The molecular formula is C25H28N4O3. The molecule has 0 spiro atoms. The van der Waals surface area contributed by atoms with Gasteiger partial charge in [-0.15, -0.1) is 0 Å². The molecule has 5 rings (SSSR count). The molecule has 1 aromatic heterocycles. The van der Waals surface area contributed by atoms with E-state index in [0.29, 0.717) is 23.5 Å². The van der Waals surface area contributed by atoms with Crippen molar-refractivity contribution < 1.29 is 14.3 Å². The molecule has 1 saturated carbocycles. The summed E-state index contributed by atoms with van der Waals surface area (Å²) in [6.07, 6.45) is 3.74. The van der Waals surface area contributed by atoms with E-state index in [1.165, 1.54) is 5.56 Å². The minimum absolute atomic E-state index is 0.158. The molecule has 2 atom stereocenters. The van der Waals surface area contributed by atoms with Gasteiger partial charge < -0.3 is 15.4 Å². The van der Waals surface area contributed by atoms with Crippen molar-refractivity contribution in [2.45, 2.75) is 44.6 Å². The lowest BCUT2D eigenvalue weighted by Gasteiger charge is -2.33. The number of hydrogen-bond donors (Lipinski definition) is 1. The zero-order valence-electron chi connectivity index (χ0n) is 18.7. The van der Waals surface area contributed by atoms with Crippen LogP contribution in [-0.2, 0) is 10.2 Å². The van der Waals surface area contributed by atoms with Gasteiger partial charge in [0.2, 0.25) is 0 Å². The summed E-state index contributed by atoms with van der Waals surface area (Å²) < 4.78 is 7.33. The van der Waals surface area contributed by atoms with E-state index >= 15 is 0 Å². The van der Waals surface area contributed by atoms with Gasteiger partial charge in [0.05, 0.1) is 11.3 Å². The van der Waals surface area contributed by atoms with Gasteiger partial charge in [-0.2, -0.15) is 5.10 Å². The predicted octanol–water partition coefficient (Wildman–Crippen LogP) is 4.02. The number of hydrogen-bond acceptors (Lipinski definition) is 4. The lowest BCUT2D eigenvalue weighted by atomic mass is 9.87. The third-order valence-corrected chi connectivity index (χ3v) is 6.66. The Labute approximate surface area is 187 Å². The quantitative estimate of drug-likeness (QED) is 0.677. The van der Waals surface area contributed by atoms with E-state index in [9.17, 15) is 9.59 Å². The molecule has 2 unspecified atom stereocenters. The lowest BCUT2D eigenvalue weighted by molar-refractivity contribution is 0.0198. The van der Waals surface area contributed by atoms with Crippen molar-refractivity contribution in [3.8, 4) is 5.69 Å². The lowest BCUT2D eigenvalue weighted by Crippen LogP contribution is -2.43. The number of nitrogens with zero attached hydrogens (tertiary/aromatic N) is 3. The van der Waals surface area contributed by atoms with Crippen molar-refractivity contribution in [2.75, 3.05) is 13.1 Å². The molecule has 2 amide bonds. The van der Waals surface area contributed by atoms with Crippen molar-refractivity contribution in [3.63, 3.8) is 0 Å². The van der Waals surface area contributed by atoms with Gasteiger partial charge in [-0.1, -0.05) is 24.3 Å². The normalized spacial score (nSPS) is 22.5. The van der Waals surface area contributed by atoms with Crippen LogP contribution < -0.4 is 5.73 Å². The Morgan fingerprint density at radius 2 is 1.91 bits per heavy atom. The molecule has 2 N–H and O–H groups in total. The largest absolute Gasteiger partial charge is 0.444 e. The molecule has 32 heavy (non-hydrogen) atoms. The number of carbonyl (C=O) groups excluding carboxylic acids is 2. The fraction of sp³-hybridized carbons (Fsp3) is 0.400. The summed E-state index contributed by atoms with van der Waals surface area (Å²) in [5.41, 5.74) is 8.45. The Morgan fingerprint density at radius 1 is 1.16 bits per heavy atom. The van der Waals surface area contributed by atoms with Crippen LogP contribution in [-0.4, -0.2) is 45.4 Å². The molecule has 2 fully saturated rings. The summed E-state index contributed by atoms with van der Waals surface area (Å²) in [4.78, 5) is 26.0. The van der Waals surface area contributed by atoms with E-state index in [1.54, 1.807) is 10.7 Å². The molecule has 2 aromatic carbocycles. The maximum atomic E-state index is 12.4. The van der Waals surface area contributed by atoms with Crippen LogP contribution in [0.3, 0.4) is 0 Å². The fourth-order valence-corrected chi connectivity index (χ4v) is 4.93. The third kappa shape index (κ3) is 3.51. The van der Waals surface area contributed by atoms with Gasteiger partial charge in [0, 0.05) is 30.1 Å². The highest BCUT2D eigenvalue weighted by atomic mass is 16.6. The van der Waals surface area contributed by atoms with Crippen molar-refractivity contribution in [3.05, 3.63) is 59.8 Å². The van der Waals surface area contributed by atoms with Gasteiger partial charge in [-0.05, 0) is 63.3 Å². The number of amides is 2. The Hall–Kier alpha value is -3.35. The van der Waals surface area contributed by atoms with Gasteiger partial charge in [0.1, 0.15) is 11.1 Å². The average Bonchev–Trinajstić information content (AvgIpc) is 3.32. The number of piperidine rings is 1. The van der Waals surface area contributed by atoms with Crippen molar-refractivity contribution in [2.24, 2.45) is 11.7 Å². The molecular weight excluding hydrogens is 404 g/mol. The first-order chi connectivity index (χ1) is 15.2. The zero-order valence-corrected chi connectivity index (χ0v) is 18.7. The van der Waals surface area contributed by atoms with Gasteiger partial charge in [0.15, 0.2) is 0 Å². The summed E-state index contributed by atoms with van der Waals surface area (Å²) >= 11 is 0. The van der Waals surface area contributed by atoms with Crippen molar-refractivity contribution in [1.82, 2.24) is 14.7 Å². The van der Waals surface area contributed by atoms with Crippen LogP contribution in [0.4, 0.5) is 4.79 Å². The zero-order chi connectivity index (χ0) is 22.7. The maximum Gasteiger partial charge on any atom is 0.410 e. The number of primary amides is 1. The summed E-state index contributed by atoms with van der Waals surface area (Å²) in [6.45, 7) is 7.16. The minimum Gasteiger partial charge on any atom is -0.444 e. The molecule has 0 bridgehead atoms. The van der Waals surface area contributed by atoms with Crippen LogP contribution in [0.5, 0.6) is 0 Å². The summed E-state index contributed by atoms with van der Waals surface area (Å²) in [5.74, 6) is -0.00664. The summed E-state index contributed by atoms with van der Waals surface area (Å²) in [5, 5.41) is 5.47. The number of carbonyl (C=O) groups is 2. The molecule has 2 aliphatic rings. The van der Waals surface area contributed by atoms with Crippen LogP contribution in [0.1, 0.15) is 49.5 Å². The van der Waals surface area contributed by atoms with Crippen molar-refractivity contribution in [1.29, 1.82) is 0 Å². The second-order valence-electron chi connectivity index (χ2n) is 9.96.